The minimum atomic E-state index is -0.315. The van der Waals surface area contributed by atoms with Gasteiger partial charge in [-0.05, 0) is 36.4 Å². The van der Waals surface area contributed by atoms with Crippen molar-refractivity contribution < 1.29 is 9.18 Å². The van der Waals surface area contributed by atoms with Gasteiger partial charge in [0.25, 0.3) is 5.91 Å². The SMILES string of the molecule is O=C(NNc1ccc(F)cc1)c1ccccc1. The van der Waals surface area contributed by atoms with Crippen molar-refractivity contribution in [2.75, 3.05) is 5.43 Å². The fourth-order valence-electron chi connectivity index (χ4n) is 1.32. The Morgan fingerprint density at radius 2 is 1.59 bits per heavy atom. The second-order valence-electron chi connectivity index (χ2n) is 3.45. The third-order valence-corrected chi connectivity index (χ3v) is 2.20. The molecule has 2 aromatic rings. The van der Waals surface area contributed by atoms with E-state index in [1.165, 1.54) is 12.1 Å². The number of hydrogen-bond donors (Lipinski definition) is 2. The molecule has 17 heavy (non-hydrogen) atoms. The molecule has 2 N–H and O–H groups in total. The summed E-state index contributed by atoms with van der Waals surface area (Å²) in [6.07, 6.45) is 0. The monoisotopic (exact) mass is 230 g/mol. The Hall–Kier alpha value is -2.36. The minimum Gasteiger partial charge on any atom is -0.298 e. The quantitative estimate of drug-likeness (QED) is 0.796. The van der Waals surface area contributed by atoms with E-state index in [0.29, 0.717) is 11.3 Å². The second-order valence-corrected chi connectivity index (χ2v) is 3.45. The van der Waals surface area contributed by atoms with Crippen molar-refractivity contribution in [1.29, 1.82) is 0 Å². The Morgan fingerprint density at radius 1 is 0.941 bits per heavy atom. The van der Waals surface area contributed by atoms with Crippen LogP contribution < -0.4 is 10.9 Å². The first-order valence-electron chi connectivity index (χ1n) is 5.13. The molecule has 0 bridgehead atoms. The average molecular weight is 230 g/mol. The Balaban J connectivity index is 1.95. The first kappa shape index (κ1) is 11.1. The molecule has 0 radical (unpaired) electrons. The number of rotatable bonds is 3. The molecule has 2 aromatic carbocycles. The molecule has 1 amide bonds. The van der Waals surface area contributed by atoms with E-state index in [1.54, 1.807) is 36.4 Å². The van der Waals surface area contributed by atoms with E-state index >= 15 is 0 Å². The van der Waals surface area contributed by atoms with Crippen molar-refractivity contribution in [2.45, 2.75) is 0 Å². The molecule has 0 saturated heterocycles. The van der Waals surface area contributed by atoms with Crippen LogP contribution >= 0.6 is 0 Å². The molecule has 0 spiro atoms. The Bertz CT molecular complexity index is 497. The molecule has 4 heteroatoms. The zero-order valence-corrected chi connectivity index (χ0v) is 8.98. The number of carbonyl (C=O) groups excluding carboxylic acids is 1. The standard InChI is InChI=1S/C13H11FN2O/c14-11-6-8-12(9-7-11)15-16-13(17)10-4-2-1-3-5-10/h1-9,15H,(H,16,17). The highest BCUT2D eigenvalue weighted by Gasteiger charge is 2.02. The van der Waals surface area contributed by atoms with Crippen LogP contribution in [0.4, 0.5) is 10.1 Å². The van der Waals surface area contributed by atoms with Crippen LogP contribution in [0.3, 0.4) is 0 Å². The summed E-state index contributed by atoms with van der Waals surface area (Å²) in [7, 11) is 0. The van der Waals surface area contributed by atoms with Crippen molar-refractivity contribution in [3.8, 4) is 0 Å². The molecule has 0 heterocycles. The van der Waals surface area contributed by atoms with Gasteiger partial charge < -0.3 is 0 Å². The normalized spacial score (nSPS) is 9.71. The molecule has 0 atom stereocenters. The lowest BCUT2D eigenvalue weighted by Gasteiger charge is -2.08. The topological polar surface area (TPSA) is 41.1 Å². The van der Waals surface area contributed by atoms with Crippen LogP contribution in [-0.2, 0) is 0 Å². The fourth-order valence-corrected chi connectivity index (χ4v) is 1.32. The van der Waals surface area contributed by atoms with Gasteiger partial charge in [0, 0.05) is 5.56 Å². The predicted molar refractivity (Wildman–Crippen MR) is 63.9 cm³/mol. The Kier molecular flexibility index (Phi) is 3.35. The molecule has 0 aromatic heterocycles. The number of benzene rings is 2. The van der Waals surface area contributed by atoms with Gasteiger partial charge in [-0.15, -0.1) is 0 Å². The fraction of sp³-hybridized carbons (Fsp3) is 0. The van der Waals surface area contributed by atoms with Gasteiger partial charge in [-0.1, -0.05) is 18.2 Å². The highest BCUT2D eigenvalue weighted by Crippen LogP contribution is 2.07. The first-order valence-corrected chi connectivity index (χ1v) is 5.13. The molecule has 0 aliphatic carbocycles. The molecule has 0 aliphatic rings. The first-order chi connectivity index (χ1) is 8.25. The molecule has 0 aliphatic heterocycles. The van der Waals surface area contributed by atoms with Crippen LogP contribution in [0.25, 0.3) is 0 Å². The number of carbonyl (C=O) groups is 1. The van der Waals surface area contributed by atoms with Crippen molar-refractivity contribution in [1.82, 2.24) is 5.43 Å². The lowest BCUT2D eigenvalue weighted by atomic mass is 10.2. The van der Waals surface area contributed by atoms with Gasteiger partial charge in [0.2, 0.25) is 0 Å². The molecule has 0 unspecified atom stereocenters. The lowest BCUT2D eigenvalue weighted by molar-refractivity contribution is 0.0962. The zero-order chi connectivity index (χ0) is 12.1. The van der Waals surface area contributed by atoms with E-state index in [1.807, 2.05) is 6.07 Å². The predicted octanol–water partition coefficient (Wildman–Crippen LogP) is 2.58. The van der Waals surface area contributed by atoms with Crippen LogP contribution in [0.15, 0.2) is 54.6 Å². The number of hydrogen-bond acceptors (Lipinski definition) is 2. The summed E-state index contributed by atoms with van der Waals surface area (Å²) in [5.74, 6) is -0.556. The van der Waals surface area contributed by atoms with E-state index in [9.17, 15) is 9.18 Å². The summed E-state index contributed by atoms with van der Waals surface area (Å²) in [6.45, 7) is 0. The van der Waals surface area contributed by atoms with Crippen molar-refractivity contribution in [2.24, 2.45) is 0 Å². The van der Waals surface area contributed by atoms with Gasteiger partial charge in [-0.25, -0.2) is 4.39 Å². The molecular weight excluding hydrogens is 219 g/mol. The van der Waals surface area contributed by atoms with E-state index in [4.69, 9.17) is 0 Å². The molecular formula is C13H11FN2O. The van der Waals surface area contributed by atoms with E-state index in [2.05, 4.69) is 10.9 Å². The van der Waals surface area contributed by atoms with Crippen molar-refractivity contribution in [3.63, 3.8) is 0 Å². The summed E-state index contributed by atoms with van der Waals surface area (Å²) >= 11 is 0. The number of halogens is 1. The van der Waals surface area contributed by atoms with Crippen LogP contribution in [0.2, 0.25) is 0 Å². The van der Waals surface area contributed by atoms with E-state index in [-0.39, 0.29) is 11.7 Å². The maximum absolute atomic E-state index is 12.6. The Morgan fingerprint density at radius 3 is 2.24 bits per heavy atom. The van der Waals surface area contributed by atoms with Gasteiger partial charge in [-0.3, -0.25) is 15.6 Å². The van der Waals surface area contributed by atoms with E-state index in [0.717, 1.165) is 0 Å². The van der Waals surface area contributed by atoms with Gasteiger partial charge in [-0.2, -0.15) is 0 Å². The highest BCUT2D eigenvalue weighted by atomic mass is 19.1. The van der Waals surface area contributed by atoms with Gasteiger partial charge in [0.15, 0.2) is 0 Å². The Labute approximate surface area is 98.3 Å². The van der Waals surface area contributed by atoms with Crippen LogP contribution in [0.1, 0.15) is 10.4 Å². The van der Waals surface area contributed by atoms with Crippen molar-refractivity contribution in [3.05, 3.63) is 66.0 Å². The highest BCUT2D eigenvalue weighted by molar-refractivity contribution is 5.94. The van der Waals surface area contributed by atoms with Gasteiger partial charge >= 0.3 is 0 Å². The lowest BCUT2D eigenvalue weighted by Crippen LogP contribution is -2.29. The summed E-state index contributed by atoms with van der Waals surface area (Å²) < 4.78 is 12.6. The van der Waals surface area contributed by atoms with E-state index < -0.39 is 0 Å². The zero-order valence-electron chi connectivity index (χ0n) is 8.98. The number of anilines is 1. The van der Waals surface area contributed by atoms with Gasteiger partial charge in [0.1, 0.15) is 5.82 Å². The molecule has 3 nitrogen and oxygen atoms in total. The van der Waals surface area contributed by atoms with Crippen molar-refractivity contribution >= 4 is 11.6 Å². The average Bonchev–Trinajstić information content (AvgIpc) is 2.39. The molecule has 86 valence electrons. The molecule has 2 rings (SSSR count). The van der Waals surface area contributed by atoms with Crippen LogP contribution in [0.5, 0.6) is 0 Å². The smallest absolute Gasteiger partial charge is 0.269 e. The summed E-state index contributed by atoms with van der Waals surface area (Å²) in [5, 5.41) is 0. The summed E-state index contributed by atoms with van der Waals surface area (Å²) in [4.78, 5) is 11.6. The minimum absolute atomic E-state index is 0.241. The summed E-state index contributed by atoms with van der Waals surface area (Å²) in [6, 6.07) is 14.5. The molecule has 0 fully saturated rings. The third-order valence-electron chi connectivity index (χ3n) is 2.20. The number of hydrazine groups is 1. The molecule has 0 saturated carbocycles. The third kappa shape index (κ3) is 3.04. The number of nitrogens with one attached hydrogen (secondary N) is 2. The van der Waals surface area contributed by atoms with Gasteiger partial charge in [0.05, 0.1) is 5.69 Å². The maximum atomic E-state index is 12.6. The number of amides is 1. The second kappa shape index (κ2) is 5.12. The largest absolute Gasteiger partial charge is 0.298 e. The maximum Gasteiger partial charge on any atom is 0.269 e. The van der Waals surface area contributed by atoms with Crippen LogP contribution in [0, 0.1) is 5.82 Å². The van der Waals surface area contributed by atoms with Crippen LogP contribution in [-0.4, -0.2) is 5.91 Å². The summed E-state index contributed by atoms with van der Waals surface area (Å²) in [5.41, 5.74) is 6.41.